The van der Waals surface area contributed by atoms with Gasteiger partial charge in [-0.1, -0.05) is 42.0 Å². The number of hydrogen-bond donors (Lipinski definition) is 1. The van der Waals surface area contributed by atoms with Crippen molar-refractivity contribution in [1.29, 1.82) is 0 Å². The minimum atomic E-state index is -0.0307. The Hall–Kier alpha value is -2.82. The predicted molar refractivity (Wildman–Crippen MR) is 107 cm³/mol. The normalized spacial score (nSPS) is 10.3. The van der Waals surface area contributed by atoms with Gasteiger partial charge in [0.05, 0.1) is 13.5 Å². The maximum absolute atomic E-state index is 12.1. The molecular formula is C22H28N2O3. The van der Waals surface area contributed by atoms with Crippen molar-refractivity contribution in [3.05, 3.63) is 65.2 Å². The molecule has 27 heavy (non-hydrogen) atoms. The van der Waals surface area contributed by atoms with Gasteiger partial charge >= 0.3 is 0 Å². The molecule has 5 heteroatoms. The van der Waals surface area contributed by atoms with Crippen LogP contribution in [0, 0.1) is 6.92 Å². The SMILES string of the molecule is COc1cccc(CCN(CCNC(=O)Cc2cccc(C)c2)C(C)=O)c1. The maximum Gasteiger partial charge on any atom is 0.224 e. The third-order valence-electron chi connectivity index (χ3n) is 4.40. The third-order valence-corrected chi connectivity index (χ3v) is 4.40. The van der Waals surface area contributed by atoms with Crippen LogP contribution in [0.15, 0.2) is 48.5 Å². The lowest BCUT2D eigenvalue weighted by Gasteiger charge is -2.21. The van der Waals surface area contributed by atoms with E-state index in [1.54, 1.807) is 18.9 Å². The van der Waals surface area contributed by atoms with Crippen LogP contribution in [0.3, 0.4) is 0 Å². The van der Waals surface area contributed by atoms with Crippen molar-refractivity contribution in [2.75, 3.05) is 26.7 Å². The molecule has 2 rings (SSSR count). The first kappa shape index (κ1) is 20.5. The summed E-state index contributed by atoms with van der Waals surface area (Å²) in [5.74, 6) is 0.785. The fraction of sp³-hybridized carbons (Fsp3) is 0.364. The second-order valence-electron chi connectivity index (χ2n) is 6.62. The number of amides is 2. The number of benzene rings is 2. The molecule has 0 heterocycles. The standard InChI is InChI=1S/C22H28N2O3/c1-17-6-4-8-20(14-17)16-22(26)23-11-13-24(18(2)25)12-10-19-7-5-9-21(15-19)27-3/h4-9,14-15H,10-13,16H2,1-3H3,(H,23,26). The molecule has 5 nitrogen and oxygen atoms in total. The topological polar surface area (TPSA) is 58.6 Å². The van der Waals surface area contributed by atoms with Gasteiger partial charge in [0.25, 0.3) is 0 Å². The Bertz CT molecular complexity index is 774. The van der Waals surface area contributed by atoms with Crippen molar-refractivity contribution < 1.29 is 14.3 Å². The molecule has 1 N–H and O–H groups in total. The van der Waals surface area contributed by atoms with E-state index >= 15 is 0 Å². The van der Waals surface area contributed by atoms with Crippen LogP contribution in [0.25, 0.3) is 0 Å². The van der Waals surface area contributed by atoms with Crippen molar-refractivity contribution in [3.8, 4) is 5.75 Å². The molecule has 2 aromatic carbocycles. The molecule has 0 saturated heterocycles. The molecule has 0 spiro atoms. The van der Waals surface area contributed by atoms with Crippen molar-refractivity contribution in [2.24, 2.45) is 0 Å². The molecule has 2 aromatic rings. The van der Waals surface area contributed by atoms with Gasteiger partial charge in [0.2, 0.25) is 11.8 Å². The Morgan fingerprint density at radius 3 is 2.48 bits per heavy atom. The zero-order valence-electron chi connectivity index (χ0n) is 16.3. The van der Waals surface area contributed by atoms with Crippen LogP contribution in [0.1, 0.15) is 23.6 Å². The summed E-state index contributed by atoms with van der Waals surface area (Å²) in [5, 5.41) is 2.90. The number of methoxy groups -OCH3 is 1. The van der Waals surface area contributed by atoms with Gasteiger partial charge < -0.3 is 15.0 Å². The number of ether oxygens (including phenoxy) is 1. The van der Waals surface area contributed by atoms with E-state index in [0.717, 1.165) is 28.9 Å². The number of nitrogens with zero attached hydrogens (tertiary/aromatic N) is 1. The smallest absolute Gasteiger partial charge is 0.224 e. The number of rotatable bonds is 9. The molecule has 2 amide bonds. The third kappa shape index (κ3) is 7.13. The maximum atomic E-state index is 12.1. The van der Waals surface area contributed by atoms with Gasteiger partial charge in [0, 0.05) is 26.6 Å². The molecule has 0 saturated carbocycles. The zero-order chi connectivity index (χ0) is 19.6. The largest absolute Gasteiger partial charge is 0.497 e. The Morgan fingerprint density at radius 2 is 1.78 bits per heavy atom. The van der Waals surface area contributed by atoms with Crippen molar-refractivity contribution in [1.82, 2.24) is 10.2 Å². The minimum Gasteiger partial charge on any atom is -0.497 e. The van der Waals surface area contributed by atoms with E-state index in [4.69, 9.17) is 4.74 Å². The van der Waals surface area contributed by atoms with E-state index in [1.807, 2.05) is 55.5 Å². The Morgan fingerprint density at radius 1 is 1.04 bits per heavy atom. The first-order valence-corrected chi connectivity index (χ1v) is 9.18. The highest BCUT2D eigenvalue weighted by molar-refractivity contribution is 5.78. The highest BCUT2D eigenvalue weighted by atomic mass is 16.5. The highest BCUT2D eigenvalue weighted by Gasteiger charge is 2.10. The van der Waals surface area contributed by atoms with E-state index in [0.29, 0.717) is 26.1 Å². The molecule has 0 unspecified atom stereocenters. The predicted octanol–water partition coefficient (Wildman–Crippen LogP) is 2.75. The summed E-state index contributed by atoms with van der Waals surface area (Å²) in [4.78, 5) is 25.7. The van der Waals surface area contributed by atoms with Crippen LogP contribution in [-0.4, -0.2) is 43.5 Å². The first-order chi connectivity index (χ1) is 13.0. The van der Waals surface area contributed by atoms with Gasteiger partial charge in [0.1, 0.15) is 5.75 Å². The number of carbonyl (C=O) groups excluding carboxylic acids is 2. The lowest BCUT2D eigenvalue weighted by molar-refractivity contribution is -0.129. The van der Waals surface area contributed by atoms with Gasteiger partial charge in [-0.25, -0.2) is 0 Å². The fourth-order valence-corrected chi connectivity index (χ4v) is 2.92. The summed E-state index contributed by atoms with van der Waals surface area (Å²) in [5.41, 5.74) is 3.25. The summed E-state index contributed by atoms with van der Waals surface area (Å²) in [6, 6.07) is 15.8. The highest BCUT2D eigenvalue weighted by Crippen LogP contribution is 2.13. The fourth-order valence-electron chi connectivity index (χ4n) is 2.92. The molecular weight excluding hydrogens is 340 g/mol. The summed E-state index contributed by atoms with van der Waals surface area (Å²) >= 11 is 0. The number of aryl methyl sites for hydroxylation is 1. The van der Waals surface area contributed by atoms with Crippen molar-refractivity contribution >= 4 is 11.8 Å². The van der Waals surface area contributed by atoms with Crippen LogP contribution in [0.2, 0.25) is 0 Å². The van der Waals surface area contributed by atoms with E-state index in [1.165, 1.54) is 0 Å². The molecule has 0 aliphatic heterocycles. The summed E-state index contributed by atoms with van der Waals surface area (Å²) < 4.78 is 5.23. The Labute approximate surface area is 161 Å². The average molecular weight is 368 g/mol. The van der Waals surface area contributed by atoms with Crippen LogP contribution >= 0.6 is 0 Å². The lowest BCUT2D eigenvalue weighted by atomic mass is 10.1. The zero-order valence-corrected chi connectivity index (χ0v) is 16.3. The van der Waals surface area contributed by atoms with Crippen molar-refractivity contribution in [2.45, 2.75) is 26.7 Å². The molecule has 144 valence electrons. The minimum absolute atomic E-state index is 0.00540. The van der Waals surface area contributed by atoms with Gasteiger partial charge in [0.15, 0.2) is 0 Å². The lowest BCUT2D eigenvalue weighted by Crippen LogP contribution is -2.39. The number of carbonyl (C=O) groups is 2. The van der Waals surface area contributed by atoms with Crippen LogP contribution in [0.5, 0.6) is 5.75 Å². The van der Waals surface area contributed by atoms with E-state index in [-0.39, 0.29) is 11.8 Å². The first-order valence-electron chi connectivity index (χ1n) is 9.18. The molecule has 0 radical (unpaired) electrons. The molecule has 0 fully saturated rings. The average Bonchev–Trinajstić information content (AvgIpc) is 2.64. The van der Waals surface area contributed by atoms with Crippen LogP contribution in [0.4, 0.5) is 0 Å². The van der Waals surface area contributed by atoms with E-state index in [2.05, 4.69) is 5.32 Å². The molecule has 0 aliphatic carbocycles. The summed E-state index contributed by atoms with van der Waals surface area (Å²) in [7, 11) is 1.64. The summed E-state index contributed by atoms with van der Waals surface area (Å²) in [6.07, 6.45) is 1.10. The van der Waals surface area contributed by atoms with E-state index in [9.17, 15) is 9.59 Å². The monoisotopic (exact) mass is 368 g/mol. The van der Waals surface area contributed by atoms with Crippen molar-refractivity contribution in [3.63, 3.8) is 0 Å². The van der Waals surface area contributed by atoms with Gasteiger partial charge in [-0.3, -0.25) is 9.59 Å². The quantitative estimate of drug-likeness (QED) is 0.740. The molecule has 0 bridgehead atoms. The van der Waals surface area contributed by atoms with Gasteiger partial charge in [-0.05, 0) is 36.6 Å². The second kappa shape index (κ2) is 10.4. The molecule has 0 aliphatic rings. The number of hydrogen-bond acceptors (Lipinski definition) is 3. The molecule has 0 aromatic heterocycles. The summed E-state index contributed by atoms with van der Waals surface area (Å²) in [6.45, 7) is 5.12. The van der Waals surface area contributed by atoms with Gasteiger partial charge in [-0.2, -0.15) is 0 Å². The van der Waals surface area contributed by atoms with Crippen LogP contribution in [-0.2, 0) is 22.4 Å². The van der Waals surface area contributed by atoms with E-state index < -0.39 is 0 Å². The molecule has 0 atom stereocenters. The Balaban J connectivity index is 1.78. The second-order valence-corrected chi connectivity index (χ2v) is 6.62. The number of nitrogens with one attached hydrogen (secondary N) is 1. The Kier molecular flexibility index (Phi) is 7.86. The van der Waals surface area contributed by atoms with Gasteiger partial charge in [-0.15, -0.1) is 0 Å². The van der Waals surface area contributed by atoms with Crippen LogP contribution < -0.4 is 10.1 Å².